The molecule has 0 aliphatic heterocycles. The monoisotopic (exact) mass is 280 g/mol. The van der Waals surface area contributed by atoms with E-state index in [1.165, 1.54) is 30.4 Å². The Kier molecular flexibility index (Phi) is 3.39. The van der Waals surface area contributed by atoms with Gasteiger partial charge in [0.1, 0.15) is 11.5 Å². The lowest BCUT2D eigenvalue weighted by Crippen LogP contribution is -2.30. The highest BCUT2D eigenvalue weighted by Gasteiger charge is 2.35. The molecule has 1 aliphatic rings. The van der Waals surface area contributed by atoms with Gasteiger partial charge in [0.2, 0.25) is 0 Å². The van der Waals surface area contributed by atoms with Crippen molar-refractivity contribution in [3.8, 4) is 11.5 Å². The van der Waals surface area contributed by atoms with Crippen LogP contribution in [0, 0.1) is 0 Å². The number of phenols is 2. The van der Waals surface area contributed by atoms with Crippen LogP contribution in [0.25, 0.3) is 0 Å². The highest BCUT2D eigenvalue weighted by atomic mass is 16.3. The molecule has 0 spiro atoms. The van der Waals surface area contributed by atoms with E-state index in [1.807, 2.05) is 24.3 Å². The van der Waals surface area contributed by atoms with Gasteiger partial charge in [0.15, 0.2) is 0 Å². The molecule has 0 saturated heterocycles. The molecule has 1 aliphatic carbocycles. The summed E-state index contributed by atoms with van der Waals surface area (Å²) in [5.74, 6) is 0.621. The molecule has 0 heterocycles. The number of hydrogen-bond acceptors (Lipinski definition) is 2. The smallest absolute Gasteiger partial charge is 0.115 e. The molecule has 2 N–H and O–H groups in total. The standard InChI is InChI=1S/C18H20O2/c19-16-8-4-14(5-9-16)18(12-2-1-3-13-18)15-6-10-17(20)11-7-15/h4-11,19-20H,1-3,12-13H2/i4+1,5+1,6+1,7+1,8+1,9+1,10+1,11+1,14+1,15+1,16+1,17+1. The first-order valence-corrected chi connectivity index (χ1v) is 7.30. The van der Waals surface area contributed by atoms with Crippen molar-refractivity contribution in [1.82, 2.24) is 0 Å². The van der Waals surface area contributed by atoms with E-state index in [4.69, 9.17) is 0 Å². The number of rotatable bonds is 2. The van der Waals surface area contributed by atoms with Crippen LogP contribution >= 0.6 is 0 Å². The molecule has 1 fully saturated rings. The Labute approximate surface area is 119 Å². The molecule has 0 radical (unpaired) electrons. The van der Waals surface area contributed by atoms with Gasteiger partial charge in [-0.25, -0.2) is 0 Å². The lowest BCUT2D eigenvalue weighted by Gasteiger charge is -2.38. The summed E-state index contributed by atoms with van der Waals surface area (Å²) in [6.45, 7) is 0. The van der Waals surface area contributed by atoms with Gasteiger partial charge in [0, 0.05) is 5.41 Å². The lowest BCUT2D eigenvalue weighted by atomic mass is 9.83. The molecule has 2 heteroatoms. The molecule has 20 heavy (non-hydrogen) atoms. The molecule has 2 aromatic carbocycles. The predicted octanol–water partition coefficient (Wildman–Crippen LogP) is 4.35. The fourth-order valence-electron chi connectivity index (χ4n) is 3.46. The van der Waals surface area contributed by atoms with Gasteiger partial charge in [-0.1, -0.05) is 43.5 Å². The van der Waals surface area contributed by atoms with Crippen molar-refractivity contribution in [2.45, 2.75) is 37.5 Å². The summed E-state index contributed by atoms with van der Waals surface area (Å²) in [5.41, 5.74) is 2.56. The summed E-state index contributed by atoms with van der Waals surface area (Å²) in [5, 5.41) is 19.0. The van der Waals surface area contributed by atoms with Crippen LogP contribution in [0.4, 0.5) is 0 Å². The fraction of sp³-hybridized carbons (Fsp3) is 0.333. The normalized spacial score (nSPS) is 17.8. The first-order chi connectivity index (χ1) is 9.71. The Morgan fingerprint density at radius 3 is 1.40 bits per heavy atom. The number of hydrogen-bond donors (Lipinski definition) is 2. The molecule has 2 nitrogen and oxygen atoms in total. The van der Waals surface area contributed by atoms with Crippen molar-refractivity contribution in [1.29, 1.82) is 0 Å². The first kappa shape index (κ1) is 13.0. The molecule has 2 aromatic rings. The average Bonchev–Trinajstić information content (AvgIpc) is 2.49. The van der Waals surface area contributed by atoms with E-state index >= 15 is 0 Å². The minimum Gasteiger partial charge on any atom is -0.508 e. The quantitative estimate of drug-likeness (QED) is 0.858. The van der Waals surface area contributed by atoms with Gasteiger partial charge in [-0.3, -0.25) is 0 Å². The second kappa shape index (κ2) is 5.20. The Balaban J connectivity index is 2.08. The maximum atomic E-state index is 9.51. The van der Waals surface area contributed by atoms with Crippen LogP contribution < -0.4 is 0 Å². The largest absolute Gasteiger partial charge is 0.508 e. The third kappa shape index (κ3) is 2.26. The first-order valence-electron chi connectivity index (χ1n) is 7.30. The second-order valence-electron chi connectivity index (χ2n) is 5.74. The van der Waals surface area contributed by atoms with Gasteiger partial charge >= 0.3 is 0 Å². The molecular formula is C18H20O2. The van der Waals surface area contributed by atoms with Crippen LogP contribution in [0.2, 0.25) is 0 Å². The SMILES string of the molecule is O[13c]1[13cH][13cH][13c](C2([13c]3[13cH][13cH][13c](O)[13cH][13cH]3)CCCCC2)[13cH][13cH]1. The predicted molar refractivity (Wildman–Crippen MR) is 80.1 cm³/mol. The third-order valence-electron chi connectivity index (χ3n) is 4.55. The maximum Gasteiger partial charge on any atom is 0.115 e. The van der Waals surface area contributed by atoms with Crippen LogP contribution in [0.3, 0.4) is 0 Å². The summed E-state index contributed by atoms with van der Waals surface area (Å²) >= 11 is 0. The van der Waals surface area contributed by atoms with Gasteiger partial charge in [-0.2, -0.15) is 0 Å². The number of benzene rings is 2. The van der Waals surface area contributed by atoms with Crippen molar-refractivity contribution < 1.29 is 10.2 Å². The molecule has 3 rings (SSSR count). The van der Waals surface area contributed by atoms with Crippen molar-refractivity contribution in [2.24, 2.45) is 0 Å². The summed E-state index contributed by atoms with van der Waals surface area (Å²) in [6.07, 6.45) is 5.99. The highest BCUT2D eigenvalue weighted by molar-refractivity contribution is 5.43. The number of aromatic hydroxyl groups is 2. The van der Waals surface area contributed by atoms with Crippen molar-refractivity contribution in [3.05, 3.63) is 59.7 Å². The number of phenolic OH excluding ortho intramolecular Hbond substituents is 2. The van der Waals surface area contributed by atoms with Gasteiger partial charge in [0.05, 0.1) is 0 Å². The van der Waals surface area contributed by atoms with E-state index in [0.29, 0.717) is 11.5 Å². The maximum absolute atomic E-state index is 9.51. The van der Waals surface area contributed by atoms with Crippen molar-refractivity contribution in [2.75, 3.05) is 0 Å². The molecule has 104 valence electrons. The van der Waals surface area contributed by atoms with E-state index in [9.17, 15) is 10.2 Å². The van der Waals surface area contributed by atoms with E-state index in [1.54, 1.807) is 24.3 Å². The van der Waals surface area contributed by atoms with Gasteiger partial charge in [-0.15, -0.1) is 0 Å². The lowest BCUT2D eigenvalue weighted by molar-refractivity contribution is 0.345. The van der Waals surface area contributed by atoms with E-state index in [0.717, 1.165) is 12.8 Å². The summed E-state index contributed by atoms with van der Waals surface area (Å²) < 4.78 is 0. The molecule has 0 bridgehead atoms. The van der Waals surface area contributed by atoms with Crippen LogP contribution in [0.1, 0.15) is 43.2 Å². The van der Waals surface area contributed by atoms with Crippen molar-refractivity contribution >= 4 is 0 Å². The summed E-state index contributed by atoms with van der Waals surface area (Å²) in [7, 11) is 0. The van der Waals surface area contributed by atoms with Gasteiger partial charge in [0.25, 0.3) is 0 Å². The van der Waals surface area contributed by atoms with E-state index < -0.39 is 0 Å². The van der Waals surface area contributed by atoms with Crippen LogP contribution in [0.5, 0.6) is 11.5 Å². The molecular weight excluding hydrogens is 260 g/mol. The van der Waals surface area contributed by atoms with Gasteiger partial charge < -0.3 is 10.2 Å². The van der Waals surface area contributed by atoms with E-state index in [2.05, 4.69) is 0 Å². The third-order valence-corrected chi connectivity index (χ3v) is 4.55. The zero-order chi connectivity index (χ0) is 14.0. The fourth-order valence-corrected chi connectivity index (χ4v) is 3.46. The molecule has 0 unspecified atom stereocenters. The topological polar surface area (TPSA) is 40.5 Å². The minimum absolute atomic E-state index is 0.0274. The highest BCUT2D eigenvalue weighted by Crippen LogP contribution is 2.45. The Morgan fingerprint density at radius 2 is 1.00 bits per heavy atom. The van der Waals surface area contributed by atoms with Crippen LogP contribution in [-0.4, -0.2) is 10.2 Å². The Morgan fingerprint density at radius 1 is 0.600 bits per heavy atom. The molecule has 0 aromatic heterocycles. The Bertz CT molecular complexity index is 516. The molecule has 0 amide bonds. The average molecular weight is 280 g/mol. The summed E-state index contributed by atoms with van der Waals surface area (Å²) in [6, 6.07) is 15.2. The van der Waals surface area contributed by atoms with Crippen LogP contribution in [-0.2, 0) is 5.41 Å². The zero-order valence-corrected chi connectivity index (χ0v) is 11.5. The second-order valence-corrected chi connectivity index (χ2v) is 5.74. The molecule has 1 saturated carbocycles. The molecule has 0 atom stereocenters. The zero-order valence-electron chi connectivity index (χ0n) is 11.5. The van der Waals surface area contributed by atoms with E-state index in [-0.39, 0.29) is 5.41 Å². The Hall–Kier alpha value is -1.96. The summed E-state index contributed by atoms with van der Waals surface area (Å²) in [4.78, 5) is 0. The van der Waals surface area contributed by atoms with Crippen molar-refractivity contribution in [3.63, 3.8) is 0 Å². The minimum atomic E-state index is 0.0274. The van der Waals surface area contributed by atoms with Gasteiger partial charge in [-0.05, 0) is 48.2 Å². The van der Waals surface area contributed by atoms with Crippen LogP contribution in [0.15, 0.2) is 48.5 Å².